The lowest BCUT2D eigenvalue weighted by Gasteiger charge is -2.26. The van der Waals surface area contributed by atoms with Gasteiger partial charge in [-0.15, -0.1) is 11.3 Å². The monoisotopic (exact) mass is 349 g/mol. The summed E-state index contributed by atoms with van der Waals surface area (Å²) in [7, 11) is 0. The zero-order valence-electron chi connectivity index (χ0n) is 13.8. The molecule has 5 heteroatoms. The average Bonchev–Trinajstić information content (AvgIpc) is 3.11. The van der Waals surface area contributed by atoms with Gasteiger partial charge in [0.05, 0.1) is 18.2 Å². The number of hydrogen-bond donors (Lipinski definition) is 1. The van der Waals surface area contributed by atoms with Gasteiger partial charge >= 0.3 is 0 Å². The maximum absolute atomic E-state index is 12.5. The number of rotatable bonds is 4. The molecule has 0 fully saturated rings. The Kier molecular flexibility index (Phi) is 4.57. The minimum absolute atomic E-state index is 0.0322. The number of nitrogens with zero attached hydrogens (tertiary/aromatic N) is 2. The Morgan fingerprint density at radius 1 is 1.24 bits per heavy atom. The minimum atomic E-state index is 0.0322. The van der Waals surface area contributed by atoms with E-state index >= 15 is 0 Å². The molecular formula is C20H19N3OS. The maximum atomic E-state index is 12.5. The molecule has 0 unspecified atom stereocenters. The highest BCUT2D eigenvalue weighted by atomic mass is 32.1. The SMILES string of the molecule is O=C(Cc1csc(-c2cccnc2)n1)N[C@@H]1CCCc2ccccc21. The summed E-state index contributed by atoms with van der Waals surface area (Å²) in [5, 5.41) is 6.04. The van der Waals surface area contributed by atoms with E-state index in [9.17, 15) is 4.79 Å². The first-order chi connectivity index (χ1) is 12.3. The maximum Gasteiger partial charge on any atom is 0.226 e. The standard InChI is InChI=1S/C20H19N3OS/c24-19(23-18-9-3-6-14-5-1-2-8-17(14)18)11-16-13-25-20(22-16)15-7-4-10-21-12-15/h1-2,4-5,7-8,10,12-13,18H,3,6,9,11H2,(H,23,24)/t18-/m1/s1. The molecule has 0 radical (unpaired) electrons. The number of aromatic nitrogens is 2. The van der Waals surface area contributed by atoms with E-state index in [0.717, 1.165) is 35.5 Å². The van der Waals surface area contributed by atoms with Crippen LogP contribution in [0.3, 0.4) is 0 Å². The van der Waals surface area contributed by atoms with Crippen molar-refractivity contribution in [2.24, 2.45) is 0 Å². The van der Waals surface area contributed by atoms with Crippen LogP contribution in [0.5, 0.6) is 0 Å². The number of hydrogen-bond acceptors (Lipinski definition) is 4. The van der Waals surface area contributed by atoms with Gasteiger partial charge in [-0.2, -0.15) is 0 Å². The molecule has 4 nitrogen and oxygen atoms in total. The van der Waals surface area contributed by atoms with Crippen LogP contribution in [-0.2, 0) is 17.6 Å². The van der Waals surface area contributed by atoms with Crippen molar-refractivity contribution < 1.29 is 4.79 Å². The fourth-order valence-electron chi connectivity index (χ4n) is 3.32. The van der Waals surface area contributed by atoms with Gasteiger partial charge < -0.3 is 5.32 Å². The molecule has 1 amide bonds. The number of benzene rings is 1. The zero-order chi connectivity index (χ0) is 17.1. The summed E-state index contributed by atoms with van der Waals surface area (Å²) in [6, 6.07) is 12.4. The lowest BCUT2D eigenvalue weighted by atomic mass is 9.87. The molecule has 2 aromatic heterocycles. The highest BCUT2D eigenvalue weighted by Gasteiger charge is 2.21. The van der Waals surface area contributed by atoms with Crippen molar-refractivity contribution in [3.8, 4) is 10.6 Å². The quantitative estimate of drug-likeness (QED) is 0.776. The molecule has 3 aromatic rings. The summed E-state index contributed by atoms with van der Waals surface area (Å²) in [5.74, 6) is 0.0322. The van der Waals surface area contributed by atoms with E-state index in [1.807, 2.05) is 23.6 Å². The number of thiazole rings is 1. The van der Waals surface area contributed by atoms with Gasteiger partial charge in [0.25, 0.3) is 0 Å². The first-order valence-corrected chi connectivity index (χ1v) is 9.39. The van der Waals surface area contributed by atoms with Crippen LogP contribution in [0.1, 0.15) is 35.7 Å². The third kappa shape index (κ3) is 3.61. The molecule has 4 rings (SSSR count). The number of amides is 1. The van der Waals surface area contributed by atoms with Gasteiger partial charge in [-0.05, 0) is 42.5 Å². The molecule has 0 saturated heterocycles. The summed E-state index contributed by atoms with van der Waals surface area (Å²) in [6.45, 7) is 0. The van der Waals surface area contributed by atoms with Gasteiger partial charge in [-0.1, -0.05) is 24.3 Å². The van der Waals surface area contributed by atoms with E-state index in [1.165, 1.54) is 11.1 Å². The average molecular weight is 349 g/mol. The summed E-state index contributed by atoms with van der Waals surface area (Å²) in [4.78, 5) is 21.2. The van der Waals surface area contributed by atoms with Crippen molar-refractivity contribution in [3.63, 3.8) is 0 Å². The molecule has 0 aliphatic heterocycles. The lowest BCUT2D eigenvalue weighted by Crippen LogP contribution is -2.32. The molecule has 1 aromatic carbocycles. The second-order valence-electron chi connectivity index (χ2n) is 6.27. The third-order valence-electron chi connectivity index (χ3n) is 4.51. The Balaban J connectivity index is 1.43. The molecular weight excluding hydrogens is 330 g/mol. The predicted octanol–water partition coefficient (Wildman–Crippen LogP) is 3.94. The van der Waals surface area contributed by atoms with Gasteiger partial charge in [0, 0.05) is 23.3 Å². The summed E-state index contributed by atoms with van der Waals surface area (Å²) < 4.78 is 0. The molecule has 2 heterocycles. The molecule has 1 aliphatic carbocycles. The van der Waals surface area contributed by atoms with Crippen molar-refractivity contribution in [2.75, 3.05) is 0 Å². The van der Waals surface area contributed by atoms with Crippen LogP contribution >= 0.6 is 11.3 Å². The first-order valence-electron chi connectivity index (χ1n) is 8.51. The minimum Gasteiger partial charge on any atom is -0.349 e. The highest BCUT2D eigenvalue weighted by Crippen LogP contribution is 2.29. The van der Waals surface area contributed by atoms with Crippen LogP contribution in [0.25, 0.3) is 10.6 Å². The molecule has 0 bridgehead atoms. The zero-order valence-corrected chi connectivity index (χ0v) is 14.6. The number of nitrogens with one attached hydrogen (secondary N) is 1. The van der Waals surface area contributed by atoms with E-state index < -0.39 is 0 Å². The van der Waals surface area contributed by atoms with Gasteiger partial charge in [0.2, 0.25) is 5.91 Å². The van der Waals surface area contributed by atoms with Crippen LogP contribution in [0.4, 0.5) is 0 Å². The second-order valence-corrected chi connectivity index (χ2v) is 7.13. The number of fused-ring (bicyclic) bond motifs is 1. The Hall–Kier alpha value is -2.53. The molecule has 1 aliphatic rings. The van der Waals surface area contributed by atoms with E-state index in [2.05, 4.69) is 33.5 Å². The Morgan fingerprint density at radius 3 is 3.04 bits per heavy atom. The number of aryl methyl sites for hydroxylation is 1. The predicted molar refractivity (Wildman–Crippen MR) is 99.3 cm³/mol. The summed E-state index contributed by atoms with van der Waals surface area (Å²) in [6.07, 6.45) is 7.07. The van der Waals surface area contributed by atoms with E-state index in [1.54, 1.807) is 23.7 Å². The van der Waals surface area contributed by atoms with Crippen LogP contribution in [0, 0.1) is 0 Å². The van der Waals surface area contributed by atoms with Crippen LogP contribution < -0.4 is 5.32 Å². The van der Waals surface area contributed by atoms with Gasteiger partial charge in [0.1, 0.15) is 5.01 Å². The fourth-order valence-corrected chi connectivity index (χ4v) is 4.13. The van der Waals surface area contributed by atoms with Gasteiger partial charge in [-0.3, -0.25) is 9.78 Å². The van der Waals surface area contributed by atoms with Crippen molar-refractivity contribution in [3.05, 3.63) is 71.0 Å². The fraction of sp³-hybridized carbons (Fsp3) is 0.250. The van der Waals surface area contributed by atoms with Crippen LogP contribution in [-0.4, -0.2) is 15.9 Å². The highest BCUT2D eigenvalue weighted by molar-refractivity contribution is 7.13. The summed E-state index contributed by atoms with van der Waals surface area (Å²) in [5.41, 5.74) is 4.41. The van der Waals surface area contributed by atoms with Crippen molar-refractivity contribution in [2.45, 2.75) is 31.7 Å². The van der Waals surface area contributed by atoms with E-state index in [4.69, 9.17) is 0 Å². The number of pyridine rings is 1. The van der Waals surface area contributed by atoms with Crippen LogP contribution in [0.15, 0.2) is 54.2 Å². The molecule has 1 N–H and O–H groups in total. The molecule has 0 spiro atoms. The number of carbonyl (C=O) groups excluding carboxylic acids is 1. The third-order valence-corrected chi connectivity index (χ3v) is 5.45. The Morgan fingerprint density at radius 2 is 2.16 bits per heavy atom. The summed E-state index contributed by atoms with van der Waals surface area (Å²) >= 11 is 1.55. The van der Waals surface area contributed by atoms with Crippen molar-refractivity contribution >= 4 is 17.2 Å². The first kappa shape index (κ1) is 16.0. The molecule has 1 atom stereocenters. The van der Waals surface area contributed by atoms with E-state index in [0.29, 0.717) is 6.42 Å². The largest absolute Gasteiger partial charge is 0.349 e. The van der Waals surface area contributed by atoms with Crippen molar-refractivity contribution in [1.82, 2.24) is 15.3 Å². The number of carbonyl (C=O) groups is 1. The molecule has 126 valence electrons. The topological polar surface area (TPSA) is 54.9 Å². The smallest absolute Gasteiger partial charge is 0.226 e. The normalized spacial score (nSPS) is 16.2. The molecule has 25 heavy (non-hydrogen) atoms. The van der Waals surface area contributed by atoms with Crippen LogP contribution in [0.2, 0.25) is 0 Å². The van der Waals surface area contributed by atoms with Gasteiger partial charge in [0.15, 0.2) is 0 Å². The van der Waals surface area contributed by atoms with E-state index in [-0.39, 0.29) is 11.9 Å². The lowest BCUT2D eigenvalue weighted by molar-refractivity contribution is -0.121. The van der Waals surface area contributed by atoms with Crippen molar-refractivity contribution in [1.29, 1.82) is 0 Å². The Bertz CT molecular complexity index is 875. The van der Waals surface area contributed by atoms with Gasteiger partial charge in [-0.25, -0.2) is 4.98 Å². The Labute approximate surface area is 151 Å². The molecule has 0 saturated carbocycles. The second kappa shape index (κ2) is 7.15.